The van der Waals surface area contributed by atoms with Crippen molar-refractivity contribution in [2.24, 2.45) is 0 Å². The van der Waals surface area contributed by atoms with Crippen molar-refractivity contribution in [1.29, 1.82) is 0 Å². The fourth-order valence-corrected chi connectivity index (χ4v) is 3.90. The van der Waals surface area contributed by atoms with Crippen LogP contribution in [-0.4, -0.2) is 77.0 Å². The van der Waals surface area contributed by atoms with E-state index in [1.165, 1.54) is 0 Å². The van der Waals surface area contributed by atoms with Crippen LogP contribution in [-0.2, 0) is 4.74 Å². The Kier molecular flexibility index (Phi) is 4.44. The minimum absolute atomic E-state index is 0.755. The lowest BCUT2D eigenvalue weighted by molar-refractivity contribution is 0.122. The van der Waals surface area contributed by atoms with Crippen molar-refractivity contribution < 1.29 is 4.74 Å². The van der Waals surface area contributed by atoms with Crippen LogP contribution in [0.2, 0.25) is 0 Å². The maximum atomic E-state index is 5.44. The van der Waals surface area contributed by atoms with Crippen LogP contribution in [0.15, 0.2) is 30.9 Å². The van der Waals surface area contributed by atoms with Crippen molar-refractivity contribution in [3.8, 4) is 0 Å². The monoisotopic (exact) mass is 380 g/mol. The summed E-state index contributed by atoms with van der Waals surface area (Å²) >= 11 is 0. The molecular formula is C19H24N8O. The van der Waals surface area contributed by atoms with Gasteiger partial charge in [0.15, 0.2) is 5.82 Å². The highest BCUT2D eigenvalue weighted by molar-refractivity contribution is 5.69. The highest BCUT2D eigenvalue weighted by Crippen LogP contribution is 2.24. The molecule has 28 heavy (non-hydrogen) atoms. The first kappa shape index (κ1) is 17.2. The molecule has 3 aromatic rings. The number of aromatic nitrogens is 5. The minimum Gasteiger partial charge on any atom is -0.378 e. The molecule has 9 nitrogen and oxygen atoms in total. The average molecular weight is 380 g/mol. The van der Waals surface area contributed by atoms with Crippen LogP contribution in [0.4, 0.5) is 17.5 Å². The van der Waals surface area contributed by atoms with Gasteiger partial charge in [0.25, 0.3) is 0 Å². The SMILES string of the molecule is Cc1cc2c(N3CCN(c4cc(N5CCOCC5)ncn4)CC3)nccn2n1. The lowest BCUT2D eigenvalue weighted by Gasteiger charge is -2.36. The third-order valence-corrected chi connectivity index (χ3v) is 5.37. The van der Waals surface area contributed by atoms with Crippen molar-refractivity contribution >= 4 is 23.0 Å². The van der Waals surface area contributed by atoms with Crippen molar-refractivity contribution in [2.45, 2.75) is 6.92 Å². The van der Waals surface area contributed by atoms with Crippen LogP contribution in [0.3, 0.4) is 0 Å². The van der Waals surface area contributed by atoms with Gasteiger partial charge >= 0.3 is 0 Å². The lowest BCUT2D eigenvalue weighted by atomic mass is 10.3. The van der Waals surface area contributed by atoms with Gasteiger partial charge in [0.2, 0.25) is 0 Å². The number of ether oxygens (including phenoxy) is 1. The van der Waals surface area contributed by atoms with E-state index in [4.69, 9.17) is 4.74 Å². The molecule has 0 radical (unpaired) electrons. The molecule has 2 fully saturated rings. The maximum Gasteiger partial charge on any atom is 0.154 e. The normalized spacial score (nSPS) is 18.1. The van der Waals surface area contributed by atoms with Crippen molar-refractivity contribution in [3.05, 3.63) is 36.5 Å². The summed E-state index contributed by atoms with van der Waals surface area (Å²) in [4.78, 5) is 20.5. The Morgan fingerprint density at radius 3 is 2.25 bits per heavy atom. The molecule has 0 bridgehead atoms. The van der Waals surface area contributed by atoms with Gasteiger partial charge in [-0.1, -0.05) is 0 Å². The first-order valence-electron chi connectivity index (χ1n) is 9.73. The maximum absolute atomic E-state index is 5.44. The largest absolute Gasteiger partial charge is 0.378 e. The Labute approximate surface area is 163 Å². The number of fused-ring (bicyclic) bond motifs is 1. The highest BCUT2D eigenvalue weighted by Gasteiger charge is 2.22. The number of hydrogen-bond donors (Lipinski definition) is 0. The van der Waals surface area contributed by atoms with Crippen LogP contribution in [0.25, 0.3) is 5.52 Å². The summed E-state index contributed by atoms with van der Waals surface area (Å²) in [5.41, 5.74) is 2.06. The van der Waals surface area contributed by atoms with Crippen molar-refractivity contribution in [2.75, 3.05) is 67.2 Å². The van der Waals surface area contributed by atoms with Gasteiger partial charge in [-0.15, -0.1) is 0 Å². The van der Waals surface area contributed by atoms with E-state index in [0.29, 0.717) is 0 Å². The number of piperazine rings is 1. The first-order chi connectivity index (χ1) is 13.8. The zero-order chi connectivity index (χ0) is 18.9. The lowest BCUT2D eigenvalue weighted by Crippen LogP contribution is -2.47. The van der Waals surface area contributed by atoms with Gasteiger partial charge < -0.3 is 19.4 Å². The Bertz CT molecular complexity index is 959. The summed E-state index contributed by atoms with van der Waals surface area (Å²) in [5, 5.41) is 4.49. The third-order valence-electron chi connectivity index (χ3n) is 5.37. The van der Waals surface area contributed by atoms with Gasteiger partial charge in [0.1, 0.15) is 23.5 Å². The Morgan fingerprint density at radius 2 is 1.50 bits per heavy atom. The molecule has 2 aliphatic rings. The van der Waals surface area contributed by atoms with E-state index in [0.717, 1.165) is 81.1 Å². The highest BCUT2D eigenvalue weighted by atomic mass is 16.5. The fourth-order valence-electron chi connectivity index (χ4n) is 3.90. The van der Waals surface area contributed by atoms with Crippen LogP contribution >= 0.6 is 0 Å². The van der Waals surface area contributed by atoms with Gasteiger partial charge in [-0.3, -0.25) is 0 Å². The summed E-state index contributed by atoms with van der Waals surface area (Å²) in [6.45, 7) is 8.87. The molecule has 9 heteroatoms. The number of hydrogen-bond acceptors (Lipinski definition) is 8. The zero-order valence-corrected chi connectivity index (χ0v) is 16.0. The molecule has 2 aliphatic heterocycles. The van der Waals surface area contributed by atoms with E-state index < -0.39 is 0 Å². The molecule has 0 aromatic carbocycles. The van der Waals surface area contributed by atoms with E-state index in [1.807, 2.05) is 23.8 Å². The van der Waals surface area contributed by atoms with Crippen LogP contribution in [0.5, 0.6) is 0 Å². The number of morpholine rings is 1. The topological polar surface area (TPSA) is 74.9 Å². The molecule has 0 saturated carbocycles. The Morgan fingerprint density at radius 1 is 0.821 bits per heavy atom. The molecule has 0 amide bonds. The van der Waals surface area contributed by atoms with Gasteiger partial charge in [-0.2, -0.15) is 5.10 Å². The molecule has 0 unspecified atom stereocenters. The van der Waals surface area contributed by atoms with E-state index in [9.17, 15) is 0 Å². The second kappa shape index (κ2) is 7.23. The zero-order valence-electron chi connectivity index (χ0n) is 16.0. The second-order valence-corrected chi connectivity index (χ2v) is 7.17. The van der Waals surface area contributed by atoms with Crippen LogP contribution in [0.1, 0.15) is 5.69 Å². The smallest absolute Gasteiger partial charge is 0.154 e. The number of anilines is 3. The number of nitrogens with zero attached hydrogens (tertiary/aromatic N) is 8. The van der Waals surface area contributed by atoms with E-state index >= 15 is 0 Å². The molecule has 2 saturated heterocycles. The average Bonchev–Trinajstić information content (AvgIpc) is 3.15. The molecular weight excluding hydrogens is 356 g/mol. The molecule has 146 valence electrons. The summed E-state index contributed by atoms with van der Waals surface area (Å²) in [5.74, 6) is 2.97. The molecule has 0 aliphatic carbocycles. The third kappa shape index (κ3) is 3.22. The summed E-state index contributed by atoms with van der Waals surface area (Å²) < 4.78 is 7.35. The van der Waals surface area contributed by atoms with E-state index in [-0.39, 0.29) is 0 Å². The summed E-state index contributed by atoms with van der Waals surface area (Å²) in [7, 11) is 0. The summed E-state index contributed by atoms with van der Waals surface area (Å²) in [6.07, 6.45) is 5.39. The van der Waals surface area contributed by atoms with Gasteiger partial charge in [-0.05, 0) is 13.0 Å². The predicted molar refractivity (Wildman–Crippen MR) is 107 cm³/mol. The first-order valence-corrected chi connectivity index (χ1v) is 9.73. The van der Waals surface area contributed by atoms with Gasteiger partial charge in [0, 0.05) is 57.7 Å². The molecule has 0 N–H and O–H groups in total. The number of aryl methyl sites for hydroxylation is 1. The number of rotatable bonds is 3. The van der Waals surface area contributed by atoms with Crippen LogP contribution < -0.4 is 14.7 Å². The molecule has 5 rings (SSSR count). The Hall–Kier alpha value is -2.94. The molecule has 0 spiro atoms. The quantitative estimate of drug-likeness (QED) is 0.666. The second-order valence-electron chi connectivity index (χ2n) is 7.17. The van der Waals surface area contributed by atoms with Gasteiger partial charge in [0.05, 0.1) is 18.9 Å². The van der Waals surface area contributed by atoms with Crippen molar-refractivity contribution in [3.63, 3.8) is 0 Å². The van der Waals surface area contributed by atoms with E-state index in [1.54, 1.807) is 6.33 Å². The fraction of sp³-hybridized carbons (Fsp3) is 0.474. The minimum atomic E-state index is 0.755. The predicted octanol–water partition coefficient (Wildman–Crippen LogP) is 0.991. The molecule has 3 aromatic heterocycles. The van der Waals surface area contributed by atoms with Gasteiger partial charge in [-0.25, -0.2) is 19.5 Å². The Balaban J connectivity index is 1.30. The standard InChI is InChI=1S/C19H24N8O/c1-15-12-16-19(20-2-3-27(16)23-15)26-6-4-24(5-7-26)17-13-18(22-14-21-17)25-8-10-28-11-9-25/h2-3,12-14H,4-11H2,1H3. The summed E-state index contributed by atoms with van der Waals surface area (Å²) in [6, 6.07) is 4.19. The molecule has 5 heterocycles. The van der Waals surface area contributed by atoms with E-state index in [2.05, 4.69) is 46.9 Å². The van der Waals surface area contributed by atoms with Crippen molar-refractivity contribution in [1.82, 2.24) is 24.6 Å². The molecule has 0 atom stereocenters. The van der Waals surface area contributed by atoms with Crippen LogP contribution in [0, 0.1) is 6.92 Å².